The number of hydrogen-bond donors (Lipinski definition) is 5. The van der Waals surface area contributed by atoms with Crippen LogP contribution >= 0.6 is 34.7 Å². The summed E-state index contributed by atoms with van der Waals surface area (Å²) in [5.74, 6) is 0.00826. The first-order valence-corrected chi connectivity index (χ1v) is 26.5. The number of imidazole rings is 1. The van der Waals surface area contributed by atoms with Gasteiger partial charge in [-0.15, -0.1) is 0 Å². The number of ether oxygens (including phenoxy) is 4. The van der Waals surface area contributed by atoms with Crippen molar-refractivity contribution in [3.63, 3.8) is 0 Å². The summed E-state index contributed by atoms with van der Waals surface area (Å²) in [4.78, 5) is 44.2. The molecule has 0 aromatic carbocycles. The fourth-order valence-electron chi connectivity index (χ4n) is 6.67. The van der Waals surface area contributed by atoms with Gasteiger partial charge in [-0.25, -0.2) is 18.2 Å². The lowest BCUT2D eigenvalue weighted by Gasteiger charge is -2.30. The number of anilines is 1. The van der Waals surface area contributed by atoms with Crippen molar-refractivity contribution in [2.45, 2.75) is 150 Å². The Morgan fingerprint density at radius 3 is 1.69 bits per heavy atom. The number of fused-ring (bicyclic) bond motifs is 2. The van der Waals surface area contributed by atoms with Crippen LogP contribution in [0.3, 0.4) is 0 Å². The van der Waals surface area contributed by atoms with E-state index in [1.54, 1.807) is 0 Å². The van der Waals surface area contributed by atoms with Gasteiger partial charge >= 0.3 is 7.82 Å². The molecule has 61 heavy (non-hydrogen) atoms. The normalized spacial score (nSPS) is 22.9. The predicted octanol–water partition coefficient (Wildman–Crippen LogP) is 4.10. The third kappa shape index (κ3) is 20.7. The van der Waals surface area contributed by atoms with Gasteiger partial charge < -0.3 is 65.8 Å². The van der Waals surface area contributed by atoms with E-state index in [-0.39, 0.29) is 22.3 Å². The van der Waals surface area contributed by atoms with E-state index in [4.69, 9.17) is 53.3 Å². The highest BCUT2D eigenvalue weighted by Gasteiger charge is 2.54. The first-order valence-electron chi connectivity index (χ1n) is 21.5. The van der Waals surface area contributed by atoms with E-state index in [0.29, 0.717) is 0 Å². The molecule has 2 aliphatic rings. The lowest BCUT2D eigenvalue weighted by Crippen LogP contribution is -3.12. The highest BCUT2D eigenvalue weighted by molar-refractivity contribution is 7.84. The molecule has 4 heterocycles. The summed E-state index contributed by atoms with van der Waals surface area (Å²) in [5.41, 5.74) is 6.22. The number of aromatic nitrogens is 4. The third-order valence-corrected chi connectivity index (χ3v) is 13.9. The number of hydrogen-bond acceptors (Lipinski definition) is 15. The second kappa shape index (κ2) is 28.7. The first kappa shape index (κ1) is 56.0. The van der Waals surface area contributed by atoms with Crippen molar-refractivity contribution < 1.29 is 70.3 Å². The molecular formula is C36H71BClN7O13P3. The molecule has 2 saturated heterocycles. The lowest BCUT2D eigenvalue weighted by atomic mass is 10.1. The van der Waals surface area contributed by atoms with Gasteiger partial charge in [0.1, 0.15) is 23.8 Å². The summed E-state index contributed by atoms with van der Waals surface area (Å²) < 4.78 is 70.5. The monoisotopic (exact) mass is 948 g/mol. The minimum atomic E-state index is -5.73. The van der Waals surface area contributed by atoms with Crippen molar-refractivity contribution in [2.24, 2.45) is 0 Å². The van der Waals surface area contributed by atoms with E-state index in [0.717, 1.165) is 0 Å². The van der Waals surface area contributed by atoms with E-state index in [1.807, 2.05) is 9.80 Å². The van der Waals surface area contributed by atoms with Crippen molar-refractivity contribution in [1.82, 2.24) is 19.5 Å². The fourth-order valence-corrected chi connectivity index (χ4v) is 9.97. The summed E-state index contributed by atoms with van der Waals surface area (Å²) in [7, 11) is -9.75. The van der Waals surface area contributed by atoms with Crippen molar-refractivity contribution in [3.05, 3.63) is 11.6 Å². The zero-order chi connectivity index (χ0) is 45.6. The quantitative estimate of drug-likeness (QED) is 0.0480. The number of rotatable bonds is 27. The Kier molecular flexibility index (Phi) is 26.4. The van der Waals surface area contributed by atoms with Gasteiger partial charge in [0.2, 0.25) is 5.28 Å². The number of nitrogens with two attached hydrogens (primary N) is 1. The third-order valence-electron chi connectivity index (χ3n) is 9.86. The molecule has 2 aliphatic heterocycles. The number of nitrogens with one attached hydrogen (secondary N) is 2. The van der Waals surface area contributed by atoms with Crippen molar-refractivity contribution in [2.75, 3.05) is 58.7 Å². The van der Waals surface area contributed by atoms with Gasteiger partial charge in [0.15, 0.2) is 17.7 Å². The first-order chi connectivity index (χ1) is 28.9. The molecule has 20 nitrogen and oxygen atoms in total. The molecule has 8 atom stereocenters. The Bertz CT molecular complexity index is 1620. The van der Waals surface area contributed by atoms with E-state index >= 15 is 0 Å². The van der Waals surface area contributed by atoms with Gasteiger partial charge in [0.05, 0.1) is 59.7 Å². The van der Waals surface area contributed by atoms with Crippen molar-refractivity contribution in [1.29, 1.82) is 0 Å². The summed E-state index contributed by atoms with van der Waals surface area (Å²) >= 11 is 5.89. The molecule has 2 aromatic heterocycles. The van der Waals surface area contributed by atoms with Gasteiger partial charge in [-0.3, -0.25) is 9.13 Å². The van der Waals surface area contributed by atoms with Crippen LogP contribution in [0.4, 0.5) is 5.82 Å². The fraction of sp³-hybridized carbons (Fsp3) is 0.861. The second-order valence-electron chi connectivity index (χ2n) is 15.1. The van der Waals surface area contributed by atoms with Crippen LogP contribution in [0.15, 0.2) is 6.33 Å². The Morgan fingerprint density at radius 1 is 0.803 bits per heavy atom. The molecule has 0 aliphatic carbocycles. The summed E-state index contributed by atoms with van der Waals surface area (Å²) in [6.45, 7) is 20.3. The Labute approximate surface area is 368 Å². The average molecular weight is 949 g/mol. The molecule has 0 saturated carbocycles. The molecule has 2 aromatic rings. The molecular weight excluding hydrogens is 878 g/mol. The maximum absolute atomic E-state index is 12.3. The summed E-state index contributed by atoms with van der Waals surface area (Å²) in [6.07, 6.45) is 14.0. The zero-order valence-electron chi connectivity index (χ0n) is 36.9. The molecule has 2 fully saturated rings. The Balaban J connectivity index is 0.000000405. The number of nitrogen functional groups attached to an aromatic ring is 1. The molecule has 4 unspecified atom stereocenters. The summed E-state index contributed by atoms with van der Waals surface area (Å²) in [6, 6.07) is 0. The second-order valence-corrected chi connectivity index (χ2v) is 19.9. The highest BCUT2D eigenvalue weighted by atomic mass is 35.5. The van der Waals surface area contributed by atoms with Crippen LogP contribution in [0.5, 0.6) is 0 Å². The maximum Gasteiger partial charge on any atom is 0.483 e. The Morgan fingerprint density at radius 2 is 1.26 bits per heavy atom. The van der Waals surface area contributed by atoms with Crippen LogP contribution in [0.2, 0.25) is 5.28 Å². The molecule has 25 heteroatoms. The van der Waals surface area contributed by atoms with Crippen LogP contribution in [0.1, 0.15) is 125 Å². The van der Waals surface area contributed by atoms with E-state index in [9.17, 15) is 23.5 Å². The van der Waals surface area contributed by atoms with Crippen LogP contribution in [0, 0.1) is 0 Å². The average Bonchev–Trinajstić information content (AvgIpc) is 3.90. The highest BCUT2D eigenvalue weighted by Crippen LogP contribution is 2.65. The minimum absolute atomic E-state index is 0.00826. The SMILES string of the molecule is CCCC[NH+](CCCC)CCCC.CCCC[NH+](CCCC)CCCC.[B-]P(=O)(OC[C@H]1O[C@@H](n2cnc3c(N)nc(Cl)nc32)[C@@H]2OC(OC)O[C@@H]21)OP(=O)(O)OP(=O)([O-])O. The van der Waals surface area contributed by atoms with Gasteiger partial charge in [-0.05, 0) is 50.1 Å². The van der Waals surface area contributed by atoms with E-state index in [1.165, 1.54) is 134 Å². The van der Waals surface area contributed by atoms with Gasteiger partial charge in [-0.2, -0.15) is 9.97 Å². The van der Waals surface area contributed by atoms with Gasteiger partial charge in [0, 0.05) is 7.11 Å². The lowest BCUT2D eigenvalue weighted by molar-refractivity contribution is -0.900. The molecule has 0 spiro atoms. The molecule has 0 amide bonds. The standard InChI is InChI=1S/C12H16BClN5O13P3.2C12H27N/c1-26-12-29-6-4(2-27-33(13,20)31-35(24,25)32-34(21,22)23)28-10(7(6)30-12)19-3-16-5-8(15)17-11(14)18-9(5)19;2*1-4-7-10-13(11-8-5-2)12-9-6-3/h3-4,6-7,10,12H,2H2,1H3,(H,24,25)(H2,15,17,18)(H2,21,22,23);2*4-12H2,1-3H3/q-1;;/p+1/t4-,6-,7-,10-,12?,33?;;/m1../s1. The zero-order valence-corrected chi connectivity index (χ0v) is 40.4. The molecule has 6 N–H and O–H groups in total. The van der Waals surface area contributed by atoms with Crippen LogP contribution in [0.25, 0.3) is 11.2 Å². The number of quaternary nitrogens is 2. The van der Waals surface area contributed by atoms with Crippen LogP contribution in [-0.4, -0.2) is 115 Å². The number of nitrogens with zero attached hydrogens (tertiary/aromatic N) is 4. The molecule has 0 bridgehead atoms. The topological polar surface area (TPSA) is 258 Å². The van der Waals surface area contributed by atoms with Crippen LogP contribution < -0.4 is 20.4 Å². The van der Waals surface area contributed by atoms with E-state index < -0.39 is 60.7 Å². The molecule has 353 valence electrons. The van der Waals surface area contributed by atoms with Crippen molar-refractivity contribution in [3.8, 4) is 0 Å². The van der Waals surface area contributed by atoms with Crippen molar-refractivity contribution >= 4 is 59.3 Å². The smallest absolute Gasteiger partial charge is 0.483 e. The number of unbranched alkanes of at least 4 members (excludes halogenated alkanes) is 6. The molecule has 4 rings (SSSR count). The summed E-state index contributed by atoms with van der Waals surface area (Å²) in [5, 5.41) is -0.160. The Hall–Kier alpha value is -1.09. The number of methoxy groups -OCH3 is 1. The molecule has 3 radical (unpaired) electrons. The number of phosphoric acid groups is 2. The predicted molar refractivity (Wildman–Crippen MR) is 231 cm³/mol. The largest absolute Gasteiger partial charge is 0.756 e. The van der Waals surface area contributed by atoms with Gasteiger partial charge in [0.25, 0.3) is 14.3 Å². The van der Waals surface area contributed by atoms with Crippen LogP contribution in [-0.2, 0) is 45.8 Å². The van der Waals surface area contributed by atoms with Gasteiger partial charge in [-0.1, -0.05) is 80.1 Å². The van der Waals surface area contributed by atoms with E-state index in [2.05, 4.69) is 65.1 Å². The minimum Gasteiger partial charge on any atom is -0.756 e. The number of halogens is 1. The maximum atomic E-state index is 12.3.